The molecule has 0 spiro atoms. The van der Waals surface area contributed by atoms with Gasteiger partial charge in [-0.1, -0.05) is 6.07 Å². The number of anilines is 1. The van der Waals surface area contributed by atoms with Gasteiger partial charge in [0.15, 0.2) is 0 Å². The van der Waals surface area contributed by atoms with Gasteiger partial charge in [0.25, 0.3) is 0 Å². The van der Waals surface area contributed by atoms with Crippen molar-refractivity contribution in [3.63, 3.8) is 0 Å². The Morgan fingerprint density at radius 3 is 2.67 bits per heavy atom. The summed E-state index contributed by atoms with van der Waals surface area (Å²) < 4.78 is 13.0. The molecular weight excluding hydrogens is 191 g/mol. The van der Waals surface area contributed by atoms with Gasteiger partial charge < -0.3 is 10.2 Å². The molecule has 1 fully saturated rings. The lowest BCUT2D eigenvalue weighted by Crippen LogP contribution is -2.41. The first kappa shape index (κ1) is 10.4. The smallest absolute Gasteiger partial charge is 0.125 e. The van der Waals surface area contributed by atoms with Crippen LogP contribution in [-0.4, -0.2) is 26.2 Å². The molecule has 0 amide bonds. The number of halogens is 1. The minimum atomic E-state index is -0.150. The average Bonchev–Trinajstić information content (AvgIpc) is 2.29. The fourth-order valence-electron chi connectivity index (χ4n) is 2.10. The first-order chi connectivity index (χ1) is 7.29. The Kier molecular flexibility index (Phi) is 3.21. The molecule has 0 saturated carbocycles. The fraction of sp³-hybridized carbons (Fsp3) is 0.500. The summed E-state index contributed by atoms with van der Waals surface area (Å²) in [6.07, 6.45) is 2.26. The van der Waals surface area contributed by atoms with Gasteiger partial charge in [0.1, 0.15) is 5.82 Å². The van der Waals surface area contributed by atoms with E-state index in [1.54, 1.807) is 12.1 Å². The fourth-order valence-corrected chi connectivity index (χ4v) is 2.10. The molecule has 1 aliphatic heterocycles. The number of benzene rings is 1. The third kappa shape index (κ3) is 2.48. The van der Waals surface area contributed by atoms with Crippen LogP contribution < -0.4 is 10.2 Å². The third-order valence-electron chi connectivity index (χ3n) is 3.08. The van der Waals surface area contributed by atoms with E-state index in [0.29, 0.717) is 6.04 Å². The summed E-state index contributed by atoms with van der Waals surface area (Å²) in [7, 11) is 2.00. The molecule has 1 N–H and O–H groups in total. The SMILES string of the molecule is CNC1CCN(c2cccc(F)c2)CC1. The number of piperidine rings is 1. The van der Waals surface area contributed by atoms with E-state index in [2.05, 4.69) is 10.2 Å². The minimum Gasteiger partial charge on any atom is -0.371 e. The molecule has 0 radical (unpaired) electrons. The van der Waals surface area contributed by atoms with E-state index in [4.69, 9.17) is 0 Å². The van der Waals surface area contributed by atoms with Crippen LogP contribution in [0.1, 0.15) is 12.8 Å². The highest BCUT2D eigenvalue weighted by atomic mass is 19.1. The van der Waals surface area contributed by atoms with E-state index in [1.807, 2.05) is 13.1 Å². The summed E-state index contributed by atoms with van der Waals surface area (Å²) in [4.78, 5) is 2.25. The van der Waals surface area contributed by atoms with Crippen molar-refractivity contribution in [1.82, 2.24) is 5.32 Å². The van der Waals surface area contributed by atoms with E-state index >= 15 is 0 Å². The van der Waals surface area contributed by atoms with Crippen LogP contribution in [0.25, 0.3) is 0 Å². The summed E-state index contributed by atoms with van der Waals surface area (Å²) in [5.74, 6) is -0.150. The zero-order valence-corrected chi connectivity index (χ0v) is 9.04. The standard InChI is InChI=1S/C12H17FN2/c1-14-11-5-7-15(8-6-11)12-4-2-3-10(13)9-12/h2-4,9,11,14H,5-8H2,1H3. The van der Waals surface area contributed by atoms with Crippen LogP contribution in [0.5, 0.6) is 0 Å². The summed E-state index contributed by atoms with van der Waals surface area (Å²) in [5.41, 5.74) is 1.00. The van der Waals surface area contributed by atoms with Crippen LogP contribution in [0.15, 0.2) is 24.3 Å². The van der Waals surface area contributed by atoms with Gasteiger partial charge >= 0.3 is 0 Å². The van der Waals surface area contributed by atoms with Crippen molar-refractivity contribution in [3.8, 4) is 0 Å². The first-order valence-electron chi connectivity index (χ1n) is 5.47. The highest BCUT2D eigenvalue weighted by Gasteiger charge is 2.17. The number of rotatable bonds is 2. The van der Waals surface area contributed by atoms with Crippen molar-refractivity contribution in [2.75, 3.05) is 25.0 Å². The van der Waals surface area contributed by atoms with Crippen molar-refractivity contribution >= 4 is 5.69 Å². The van der Waals surface area contributed by atoms with Crippen LogP contribution in [-0.2, 0) is 0 Å². The quantitative estimate of drug-likeness (QED) is 0.800. The Bertz CT molecular complexity index is 319. The molecule has 0 aromatic heterocycles. The van der Waals surface area contributed by atoms with E-state index in [0.717, 1.165) is 31.6 Å². The summed E-state index contributed by atoms with van der Waals surface area (Å²) in [5, 5.41) is 3.29. The monoisotopic (exact) mass is 208 g/mol. The average molecular weight is 208 g/mol. The van der Waals surface area contributed by atoms with Crippen LogP contribution in [0.2, 0.25) is 0 Å². The van der Waals surface area contributed by atoms with Crippen molar-refractivity contribution in [2.24, 2.45) is 0 Å². The van der Waals surface area contributed by atoms with Crippen molar-refractivity contribution < 1.29 is 4.39 Å². The van der Waals surface area contributed by atoms with E-state index in [9.17, 15) is 4.39 Å². The second-order valence-electron chi connectivity index (χ2n) is 4.03. The Labute approximate surface area is 90.1 Å². The van der Waals surface area contributed by atoms with E-state index in [-0.39, 0.29) is 5.82 Å². The van der Waals surface area contributed by atoms with E-state index in [1.165, 1.54) is 6.07 Å². The first-order valence-corrected chi connectivity index (χ1v) is 5.47. The Morgan fingerprint density at radius 1 is 1.33 bits per heavy atom. The zero-order valence-electron chi connectivity index (χ0n) is 9.04. The number of hydrogen-bond donors (Lipinski definition) is 1. The molecule has 0 unspecified atom stereocenters. The van der Waals surface area contributed by atoms with Gasteiger partial charge in [-0.3, -0.25) is 0 Å². The molecule has 2 rings (SSSR count). The molecule has 15 heavy (non-hydrogen) atoms. The maximum atomic E-state index is 13.0. The normalized spacial score (nSPS) is 18.1. The second kappa shape index (κ2) is 4.62. The van der Waals surface area contributed by atoms with Crippen molar-refractivity contribution in [3.05, 3.63) is 30.1 Å². The van der Waals surface area contributed by atoms with Crippen LogP contribution >= 0.6 is 0 Å². The van der Waals surface area contributed by atoms with Crippen LogP contribution in [0.3, 0.4) is 0 Å². The molecule has 2 nitrogen and oxygen atoms in total. The molecule has 0 aliphatic carbocycles. The van der Waals surface area contributed by atoms with Gasteiger partial charge in [-0.15, -0.1) is 0 Å². The predicted molar refractivity (Wildman–Crippen MR) is 60.7 cm³/mol. The van der Waals surface area contributed by atoms with Gasteiger partial charge in [0.05, 0.1) is 0 Å². The Balaban J connectivity index is 2.01. The number of nitrogens with one attached hydrogen (secondary N) is 1. The van der Waals surface area contributed by atoms with E-state index < -0.39 is 0 Å². The Morgan fingerprint density at radius 2 is 2.07 bits per heavy atom. The molecule has 3 heteroatoms. The highest BCUT2D eigenvalue weighted by Crippen LogP contribution is 2.20. The van der Waals surface area contributed by atoms with Gasteiger partial charge in [-0.25, -0.2) is 4.39 Å². The molecule has 0 atom stereocenters. The lowest BCUT2D eigenvalue weighted by Gasteiger charge is -2.33. The molecule has 1 aromatic carbocycles. The van der Waals surface area contributed by atoms with Crippen molar-refractivity contribution in [1.29, 1.82) is 0 Å². The molecule has 82 valence electrons. The van der Waals surface area contributed by atoms with Crippen molar-refractivity contribution in [2.45, 2.75) is 18.9 Å². The Hall–Kier alpha value is -1.09. The molecule has 1 aromatic rings. The summed E-state index contributed by atoms with van der Waals surface area (Å²) in [6, 6.07) is 7.47. The number of nitrogens with zero attached hydrogens (tertiary/aromatic N) is 1. The largest absolute Gasteiger partial charge is 0.371 e. The highest BCUT2D eigenvalue weighted by molar-refractivity contribution is 5.46. The molecule has 1 heterocycles. The zero-order chi connectivity index (χ0) is 10.7. The molecule has 1 aliphatic rings. The van der Waals surface area contributed by atoms with Gasteiger partial charge in [0.2, 0.25) is 0 Å². The molecule has 0 bridgehead atoms. The van der Waals surface area contributed by atoms with Crippen LogP contribution in [0.4, 0.5) is 10.1 Å². The summed E-state index contributed by atoms with van der Waals surface area (Å²) in [6.45, 7) is 2.02. The predicted octanol–water partition coefficient (Wildman–Crippen LogP) is 2.01. The van der Waals surface area contributed by atoms with Gasteiger partial charge in [0, 0.05) is 24.8 Å². The maximum absolute atomic E-state index is 13.0. The van der Waals surface area contributed by atoms with Gasteiger partial charge in [-0.05, 0) is 38.1 Å². The maximum Gasteiger partial charge on any atom is 0.125 e. The number of hydrogen-bond acceptors (Lipinski definition) is 2. The second-order valence-corrected chi connectivity index (χ2v) is 4.03. The molecular formula is C12H17FN2. The summed E-state index contributed by atoms with van der Waals surface area (Å²) >= 11 is 0. The van der Waals surface area contributed by atoms with Gasteiger partial charge in [-0.2, -0.15) is 0 Å². The molecule has 1 saturated heterocycles. The topological polar surface area (TPSA) is 15.3 Å². The van der Waals surface area contributed by atoms with Crippen LogP contribution in [0, 0.1) is 5.82 Å². The lowest BCUT2D eigenvalue weighted by molar-refractivity contribution is 0.442. The third-order valence-corrected chi connectivity index (χ3v) is 3.08. The lowest BCUT2D eigenvalue weighted by atomic mass is 10.0. The minimum absolute atomic E-state index is 0.150.